The Balaban J connectivity index is 1.48. The molecule has 0 spiro atoms. The standard InChI is InChI=1S/C23H23N5OS2/c1-14-8-10-18(11-9-14)21-25-22(27-26-21)30-12-19-13-31-23(24-19)28(17(4)29)20-7-5-6-15(2)16(20)3/h5-11,13H,12H2,1-4H3,(H,25,26,27). The largest absolute Gasteiger partial charge is 0.274 e. The zero-order chi connectivity index (χ0) is 22.0. The van der Waals surface area contributed by atoms with Gasteiger partial charge in [0.25, 0.3) is 0 Å². The van der Waals surface area contributed by atoms with Crippen LogP contribution in [0, 0.1) is 20.8 Å². The van der Waals surface area contributed by atoms with Gasteiger partial charge in [-0.2, -0.15) is 0 Å². The number of H-pyrrole nitrogens is 1. The fourth-order valence-electron chi connectivity index (χ4n) is 3.14. The summed E-state index contributed by atoms with van der Waals surface area (Å²) in [5.74, 6) is 1.32. The van der Waals surface area contributed by atoms with Crippen molar-refractivity contribution in [3.8, 4) is 11.4 Å². The number of aryl methyl sites for hydroxylation is 2. The summed E-state index contributed by atoms with van der Waals surface area (Å²) in [5, 5.41) is 10.6. The molecule has 1 N–H and O–H groups in total. The van der Waals surface area contributed by atoms with Crippen LogP contribution in [-0.4, -0.2) is 26.1 Å². The number of anilines is 2. The third-order valence-electron chi connectivity index (χ3n) is 5.00. The zero-order valence-corrected chi connectivity index (χ0v) is 19.5. The molecule has 0 radical (unpaired) electrons. The number of thiazole rings is 1. The summed E-state index contributed by atoms with van der Waals surface area (Å²) in [7, 11) is 0. The maximum atomic E-state index is 12.4. The third-order valence-corrected chi connectivity index (χ3v) is 6.76. The molecule has 158 valence electrons. The minimum atomic E-state index is -0.0565. The number of aromatic amines is 1. The second-order valence-corrected chi connectivity index (χ2v) is 9.10. The maximum Gasteiger partial charge on any atom is 0.230 e. The van der Waals surface area contributed by atoms with Gasteiger partial charge in [0.2, 0.25) is 11.1 Å². The average Bonchev–Trinajstić information content (AvgIpc) is 3.40. The minimum absolute atomic E-state index is 0.0565. The summed E-state index contributed by atoms with van der Waals surface area (Å²) >= 11 is 2.98. The Morgan fingerprint density at radius 1 is 1.10 bits per heavy atom. The molecule has 4 aromatic rings. The molecule has 2 heterocycles. The molecular weight excluding hydrogens is 426 g/mol. The van der Waals surface area contributed by atoms with Crippen molar-refractivity contribution >= 4 is 39.8 Å². The molecule has 0 fully saturated rings. The Labute approximate surface area is 189 Å². The van der Waals surface area contributed by atoms with Crippen molar-refractivity contribution in [3.63, 3.8) is 0 Å². The lowest BCUT2D eigenvalue weighted by Gasteiger charge is -2.21. The van der Waals surface area contributed by atoms with Gasteiger partial charge in [0.1, 0.15) is 0 Å². The molecule has 0 aliphatic heterocycles. The van der Waals surface area contributed by atoms with Crippen LogP contribution in [0.3, 0.4) is 0 Å². The number of hydrogen-bond donors (Lipinski definition) is 1. The molecule has 6 nitrogen and oxygen atoms in total. The summed E-state index contributed by atoms with van der Waals surface area (Å²) in [4.78, 5) is 23.4. The number of thioether (sulfide) groups is 1. The second-order valence-electron chi connectivity index (χ2n) is 7.32. The Morgan fingerprint density at radius 3 is 2.61 bits per heavy atom. The van der Waals surface area contributed by atoms with E-state index in [2.05, 4.69) is 34.2 Å². The first-order valence-electron chi connectivity index (χ1n) is 9.86. The lowest BCUT2D eigenvalue weighted by Crippen LogP contribution is -2.23. The molecule has 4 rings (SSSR count). The summed E-state index contributed by atoms with van der Waals surface area (Å²) in [6.07, 6.45) is 0. The van der Waals surface area contributed by atoms with Crippen LogP contribution >= 0.6 is 23.1 Å². The minimum Gasteiger partial charge on any atom is -0.274 e. The predicted octanol–water partition coefficient (Wildman–Crippen LogP) is 5.83. The van der Waals surface area contributed by atoms with E-state index < -0.39 is 0 Å². The SMILES string of the molecule is CC(=O)N(c1nc(CSc2n[nH]c(-c3ccc(C)cc3)n2)cs1)c1cccc(C)c1C. The molecule has 0 aliphatic rings. The van der Waals surface area contributed by atoms with Crippen molar-refractivity contribution in [2.75, 3.05) is 4.90 Å². The highest BCUT2D eigenvalue weighted by atomic mass is 32.2. The van der Waals surface area contributed by atoms with E-state index in [1.807, 2.05) is 49.6 Å². The van der Waals surface area contributed by atoms with Gasteiger partial charge in [0.05, 0.1) is 11.4 Å². The monoisotopic (exact) mass is 449 g/mol. The lowest BCUT2D eigenvalue weighted by molar-refractivity contribution is -0.115. The predicted molar refractivity (Wildman–Crippen MR) is 127 cm³/mol. The molecule has 31 heavy (non-hydrogen) atoms. The summed E-state index contributed by atoms with van der Waals surface area (Å²) in [6.45, 7) is 7.70. The van der Waals surface area contributed by atoms with Crippen LogP contribution in [0.2, 0.25) is 0 Å². The zero-order valence-electron chi connectivity index (χ0n) is 17.8. The Bertz CT molecular complexity index is 1210. The van der Waals surface area contributed by atoms with Crippen molar-refractivity contribution in [1.82, 2.24) is 20.2 Å². The van der Waals surface area contributed by atoms with Gasteiger partial charge in [-0.15, -0.1) is 16.4 Å². The number of rotatable bonds is 6. The normalized spacial score (nSPS) is 11.0. The Morgan fingerprint density at radius 2 is 1.87 bits per heavy atom. The van der Waals surface area contributed by atoms with E-state index in [4.69, 9.17) is 4.98 Å². The van der Waals surface area contributed by atoms with Crippen LogP contribution < -0.4 is 4.90 Å². The first-order chi connectivity index (χ1) is 14.9. The molecule has 8 heteroatoms. The Kier molecular flexibility index (Phi) is 6.20. The maximum absolute atomic E-state index is 12.4. The van der Waals surface area contributed by atoms with E-state index >= 15 is 0 Å². The van der Waals surface area contributed by atoms with Gasteiger partial charge in [-0.1, -0.05) is 53.7 Å². The van der Waals surface area contributed by atoms with Crippen LogP contribution in [0.4, 0.5) is 10.8 Å². The van der Waals surface area contributed by atoms with Crippen LogP contribution in [0.5, 0.6) is 0 Å². The highest BCUT2D eigenvalue weighted by Gasteiger charge is 2.20. The molecule has 0 saturated carbocycles. The quantitative estimate of drug-likeness (QED) is 0.375. The van der Waals surface area contributed by atoms with E-state index in [0.29, 0.717) is 16.0 Å². The van der Waals surface area contributed by atoms with E-state index in [1.165, 1.54) is 28.7 Å². The Hall–Kier alpha value is -2.97. The molecule has 0 atom stereocenters. The van der Waals surface area contributed by atoms with Crippen molar-refractivity contribution in [2.24, 2.45) is 0 Å². The number of benzene rings is 2. The third kappa shape index (κ3) is 4.70. The van der Waals surface area contributed by atoms with Gasteiger partial charge in [-0.3, -0.25) is 14.8 Å². The van der Waals surface area contributed by atoms with E-state index in [1.54, 1.807) is 11.8 Å². The van der Waals surface area contributed by atoms with Crippen LogP contribution in [0.1, 0.15) is 29.3 Å². The first-order valence-corrected chi connectivity index (χ1v) is 11.7. The summed E-state index contributed by atoms with van der Waals surface area (Å²) in [6, 6.07) is 14.1. The number of nitrogens with one attached hydrogen (secondary N) is 1. The van der Waals surface area contributed by atoms with E-state index in [0.717, 1.165) is 33.9 Å². The van der Waals surface area contributed by atoms with Gasteiger partial charge in [0.15, 0.2) is 11.0 Å². The molecule has 1 amide bonds. The fraction of sp³-hybridized carbons (Fsp3) is 0.217. The van der Waals surface area contributed by atoms with Gasteiger partial charge in [-0.25, -0.2) is 9.97 Å². The number of nitrogens with zero attached hydrogens (tertiary/aromatic N) is 4. The van der Waals surface area contributed by atoms with Crippen molar-refractivity contribution in [2.45, 2.75) is 38.6 Å². The molecule has 0 saturated heterocycles. The smallest absolute Gasteiger partial charge is 0.230 e. The summed E-state index contributed by atoms with van der Waals surface area (Å²) in [5.41, 5.74) is 6.20. The van der Waals surface area contributed by atoms with Gasteiger partial charge < -0.3 is 0 Å². The van der Waals surface area contributed by atoms with Gasteiger partial charge in [-0.05, 0) is 38.0 Å². The van der Waals surface area contributed by atoms with Crippen LogP contribution in [0.25, 0.3) is 11.4 Å². The van der Waals surface area contributed by atoms with E-state index in [-0.39, 0.29) is 5.91 Å². The van der Waals surface area contributed by atoms with Crippen LogP contribution in [0.15, 0.2) is 53.0 Å². The number of carbonyl (C=O) groups is 1. The van der Waals surface area contributed by atoms with E-state index in [9.17, 15) is 4.79 Å². The number of aromatic nitrogens is 4. The van der Waals surface area contributed by atoms with Crippen molar-refractivity contribution in [1.29, 1.82) is 0 Å². The number of amides is 1. The molecule has 0 aliphatic carbocycles. The fourth-order valence-corrected chi connectivity index (χ4v) is 4.82. The van der Waals surface area contributed by atoms with Gasteiger partial charge >= 0.3 is 0 Å². The lowest BCUT2D eigenvalue weighted by atomic mass is 10.1. The van der Waals surface area contributed by atoms with Crippen LogP contribution in [-0.2, 0) is 10.5 Å². The number of carbonyl (C=O) groups excluding carboxylic acids is 1. The highest BCUT2D eigenvalue weighted by Crippen LogP contribution is 2.33. The van der Waals surface area contributed by atoms with Crippen molar-refractivity contribution < 1.29 is 4.79 Å². The number of hydrogen-bond acceptors (Lipinski definition) is 6. The molecular formula is C23H23N5OS2. The molecule has 0 unspecified atom stereocenters. The average molecular weight is 450 g/mol. The topological polar surface area (TPSA) is 74.8 Å². The highest BCUT2D eigenvalue weighted by molar-refractivity contribution is 7.98. The summed E-state index contributed by atoms with van der Waals surface area (Å²) < 4.78 is 0. The second kappa shape index (κ2) is 9.03. The molecule has 2 aromatic carbocycles. The molecule has 2 aromatic heterocycles. The van der Waals surface area contributed by atoms with Crippen molar-refractivity contribution in [3.05, 3.63) is 70.2 Å². The molecule has 0 bridgehead atoms. The first kappa shape index (κ1) is 21.3. The van der Waals surface area contributed by atoms with Gasteiger partial charge in [0, 0.05) is 23.6 Å².